The van der Waals surface area contributed by atoms with Crippen molar-refractivity contribution in [2.75, 3.05) is 11.9 Å². The molecule has 1 aromatic heterocycles. The van der Waals surface area contributed by atoms with Crippen LogP contribution in [0.2, 0.25) is 5.28 Å². The predicted molar refractivity (Wildman–Crippen MR) is 82.9 cm³/mol. The average Bonchev–Trinajstić information content (AvgIpc) is 2.38. The molecule has 0 aliphatic carbocycles. The highest BCUT2D eigenvalue weighted by Crippen LogP contribution is 2.25. The molecule has 0 saturated carbocycles. The van der Waals surface area contributed by atoms with Gasteiger partial charge in [0.2, 0.25) is 11.2 Å². The first-order valence-corrected chi connectivity index (χ1v) is 7.22. The van der Waals surface area contributed by atoms with Crippen molar-refractivity contribution in [3.8, 4) is 11.8 Å². The minimum absolute atomic E-state index is 0.106. The minimum Gasteiger partial charge on any atom is -0.423 e. The molecular weight excluding hydrogens is 379 g/mol. The summed E-state index contributed by atoms with van der Waals surface area (Å²) in [5.41, 5.74) is 0. The molecule has 0 atom stereocenters. The standard InChI is InChI=1S/C12H12ClIN4O/c1-2-7-15-11-16-10(13)17-12(18-11)19-9-6-4-3-5-8(9)14/h3-6H,2,7H2,1H3,(H,15,16,17,18). The zero-order valence-corrected chi connectivity index (χ0v) is 13.1. The van der Waals surface area contributed by atoms with Gasteiger partial charge in [0.15, 0.2) is 0 Å². The van der Waals surface area contributed by atoms with Gasteiger partial charge >= 0.3 is 6.01 Å². The van der Waals surface area contributed by atoms with E-state index in [2.05, 4.69) is 49.8 Å². The van der Waals surface area contributed by atoms with Gasteiger partial charge < -0.3 is 10.1 Å². The van der Waals surface area contributed by atoms with E-state index in [0.29, 0.717) is 11.7 Å². The lowest BCUT2D eigenvalue weighted by molar-refractivity contribution is 0.437. The van der Waals surface area contributed by atoms with Gasteiger partial charge in [0.05, 0.1) is 3.57 Å². The van der Waals surface area contributed by atoms with Gasteiger partial charge in [-0.25, -0.2) is 0 Å². The molecule has 1 heterocycles. The molecule has 0 spiro atoms. The van der Waals surface area contributed by atoms with Crippen molar-refractivity contribution in [2.45, 2.75) is 13.3 Å². The first-order chi connectivity index (χ1) is 9.19. The Hall–Kier alpha value is -1.15. The minimum atomic E-state index is 0.106. The Balaban J connectivity index is 2.20. The van der Waals surface area contributed by atoms with Crippen LogP contribution in [0.15, 0.2) is 24.3 Å². The number of anilines is 1. The fourth-order valence-electron chi connectivity index (χ4n) is 1.32. The summed E-state index contributed by atoms with van der Waals surface area (Å²) < 4.78 is 6.59. The molecule has 0 bridgehead atoms. The normalized spacial score (nSPS) is 10.3. The molecule has 19 heavy (non-hydrogen) atoms. The predicted octanol–water partition coefficient (Wildman–Crippen LogP) is 3.74. The third-order valence-corrected chi connectivity index (χ3v) is 3.22. The van der Waals surface area contributed by atoms with Gasteiger partial charge in [-0.05, 0) is 52.7 Å². The highest BCUT2D eigenvalue weighted by atomic mass is 127. The van der Waals surface area contributed by atoms with Crippen LogP contribution in [0.5, 0.6) is 11.8 Å². The van der Waals surface area contributed by atoms with Crippen molar-refractivity contribution in [3.05, 3.63) is 33.1 Å². The summed E-state index contributed by atoms with van der Waals surface area (Å²) in [7, 11) is 0. The Morgan fingerprint density at radius 1 is 1.26 bits per heavy atom. The number of rotatable bonds is 5. The highest BCUT2D eigenvalue weighted by Gasteiger charge is 2.08. The highest BCUT2D eigenvalue weighted by molar-refractivity contribution is 14.1. The molecule has 0 saturated heterocycles. The van der Waals surface area contributed by atoms with Crippen molar-refractivity contribution in [3.63, 3.8) is 0 Å². The molecule has 0 unspecified atom stereocenters. The third kappa shape index (κ3) is 4.17. The number of hydrogen-bond acceptors (Lipinski definition) is 5. The van der Waals surface area contributed by atoms with Gasteiger partial charge in [-0.15, -0.1) is 0 Å². The second kappa shape index (κ2) is 6.85. The molecule has 0 aliphatic rings. The molecule has 0 radical (unpaired) electrons. The number of benzene rings is 1. The monoisotopic (exact) mass is 390 g/mol. The van der Waals surface area contributed by atoms with Gasteiger partial charge in [-0.3, -0.25) is 0 Å². The van der Waals surface area contributed by atoms with Crippen LogP contribution < -0.4 is 10.1 Å². The lowest BCUT2D eigenvalue weighted by Crippen LogP contribution is -2.06. The third-order valence-electron chi connectivity index (χ3n) is 2.16. The van der Waals surface area contributed by atoms with Gasteiger partial charge in [-0.1, -0.05) is 19.1 Å². The topological polar surface area (TPSA) is 59.9 Å². The number of aromatic nitrogens is 3. The summed E-state index contributed by atoms with van der Waals surface area (Å²) in [4.78, 5) is 12.1. The average molecular weight is 391 g/mol. The SMILES string of the molecule is CCCNc1nc(Cl)nc(Oc2ccccc2I)n1. The fraction of sp³-hybridized carbons (Fsp3) is 0.250. The molecule has 2 rings (SSSR count). The maximum atomic E-state index is 5.85. The van der Waals surface area contributed by atoms with E-state index in [4.69, 9.17) is 16.3 Å². The van der Waals surface area contributed by atoms with E-state index in [9.17, 15) is 0 Å². The zero-order chi connectivity index (χ0) is 13.7. The van der Waals surface area contributed by atoms with Crippen LogP contribution in [-0.2, 0) is 0 Å². The number of ether oxygens (including phenoxy) is 1. The number of hydrogen-bond donors (Lipinski definition) is 1. The van der Waals surface area contributed by atoms with Gasteiger partial charge in [0.1, 0.15) is 5.75 Å². The Labute approximate surface area is 129 Å². The first kappa shape index (κ1) is 14.3. The smallest absolute Gasteiger partial charge is 0.328 e. The van der Waals surface area contributed by atoms with Crippen molar-refractivity contribution < 1.29 is 4.74 Å². The molecule has 1 N–H and O–H groups in total. The number of nitrogens with one attached hydrogen (secondary N) is 1. The Kier molecular flexibility index (Phi) is 5.15. The summed E-state index contributed by atoms with van der Waals surface area (Å²) in [5.74, 6) is 1.11. The number of halogens is 2. The summed E-state index contributed by atoms with van der Waals surface area (Å²) in [6.07, 6.45) is 0.968. The molecule has 0 aliphatic heterocycles. The molecule has 5 nitrogen and oxygen atoms in total. The van der Waals surface area contributed by atoms with Crippen LogP contribution >= 0.6 is 34.2 Å². The van der Waals surface area contributed by atoms with E-state index in [1.165, 1.54) is 0 Å². The van der Waals surface area contributed by atoms with Crippen LogP contribution in [0.1, 0.15) is 13.3 Å². The maximum Gasteiger partial charge on any atom is 0.328 e. The maximum absolute atomic E-state index is 5.85. The largest absolute Gasteiger partial charge is 0.423 e. The Morgan fingerprint density at radius 3 is 2.79 bits per heavy atom. The van der Waals surface area contributed by atoms with Gasteiger partial charge in [0.25, 0.3) is 0 Å². The summed E-state index contributed by atoms with van der Waals surface area (Å²) >= 11 is 8.03. The molecule has 0 fully saturated rings. The lowest BCUT2D eigenvalue weighted by atomic mass is 10.3. The second-order valence-corrected chi connectivity index (χ2v) is 5.17. The number of nitrogens with zero attached hydrogens (tertiary/aromatic N) is 3. The first-order valence-electron chi connectivity index (χ1n) is 5.77. The lowest BCUT2D eigenvalue weighted by Gasteiger charge is -2.07. The molecule has 2 aromatic rings. The zero-order valence-electron chi connectivity index (χ0n) is 10.2. The van der Waals surface area contributed by atoms with E-state index in [1.807, 2.05) is 24.3 Å². The van der Waals surface area contributed by atoms with Gasteiger partial charge in [-0.2, -0.15) is 15.0 Å². The van der Waals surface area contributed by atoms with Crippen LogP contribution in [-0.4, -0.2) is 21.5 Å². The van der Waals surface area contributed by atoms with Crippen LogP contribution in [0, 0.1) is 3.57 Å². The van der Waals surface area contributed by atoms with E-state index >= 15 is 0 Å². The van der Waals surface area contributed by atoms with Crippen LogP contribution in [0.3, 0.4) is 0 Å². The second-order valence-electron chi connectivity index (χ2n) is 3.67. The summed E-state index contributed by atoms with van der Waals surface area (Å²) in [6.45, 7) is 2.82. The number of para-hydroxylation sites is 1. The summed E-state index contributed by atoms with van der Waals surface area (Å²) in [6, 6.07) is 7.79. The van der Waals surface area contributed by atoms with Crippen molar-refractivity contribution in [1.82, 2.24) is 15.0 Å². The molecule has 7 heteroatoms. The Bertz CT molecular complexity index is 567. The Morgan fingerprint density at radius 2 is 2.05 bits per heavy atom. The van der Waals surface area contributed by atoms with E-state index in [0.717, 1.165) is 16.5 Å². The van der Waals surface area contributed by atoms with Crippen molar-refractivity contribution in [1.29, 1.82) is 0 Å². The molecule has 100 valence electrons. The molecular formula is C12H12ClIN4O. The summed E-state index contributed by atoms with van der Waals surface area (Å²) in [5, 5.41) is 3.15. The van der Waals surface area contributed by atoms with Crippen LogP contribution in [0.4, 0.5) is 5.95 Å². The van der Waals surface area contributed by atoms with Crippen molar-refractivity contribution >= 4 is 40.1 Å². The van der Waals surface area contributed by atoms with E-state index in [1.54, 1.807) is 0 Å². The van der Waals surface area contributed by atoms with Crippen LogP contribution in [0.25, 0.3) is 0 Å². The fourth-order valence-corrected chi connectivity index (χ4v) is 1.97. The quantitative estimate of drug-likeness (QED) is 0.788. The molecule has 0 amide bonds. The van der Waals surface area contributed by atoms with E-state index < -0.39 is 0 Å². The van der Waals surface area contributed by atoms with Gasteiger partial charge in [0, 0.05) is 6.54 Å². The molecule has 1 aromatic carbocycles. The van der Waals surface area contributed by atoms with Crippen molar-refractivity contribution in [2.24, 2.45) is 0 Å². The van der Waals surface area contributed by atoms with E-state index in [-0.39, 0.29) is 11.3 Å².